The van der Waals surface area contributed by atoms with Gasteiger partial charge in [0.15, 0.2) is 0 Å². The van der Waals surface area contributed by atoms with Crippen LogP contribution in [0.3, 0.4) is 0 Å². The Morgan fingerprint density at radius 3 is 2.28 bits per heavy atom. The number of isothiocyanates is 1. The first kappa shape index (κ1) is 20.6. The molecular formula is C25H19F2NS. The molecule has 0 amide bonds. The maximum Gasteiger partial charge on any atom is 0.150 e. The molecule has 0 unspecified atom stereocenters. The molecule has 144 valence electrons. The average Bonchev–Trinajstić information content (AvgIpc) is 2.73. The van der Waals surface area contributed by atoms with Gasteiger partial charge in [-0.2, -0.15) is 4.99 Å². The Labute approximate surface area is 175 Å². The fraction of sp³-hybridized carbons (Fsp3) is 0.160. The smallest absolute Gasteiger partial charge is 0.150 e. The maximum atomic E-state index is 14.2. The number of benzene rings is 3. The van der Waals surface area contributed by atoms with Gasteiger partial charge in [-0.25, -0.2) is 8.78 Å². The van der Waals surface area contributed by atoms with Crippen molar-refractivity contribution in [2.45, 2.75) is 26.2 Å². The maximum absolute atomic E-state index is 14.2. The van der Waals surface area contributed by atoms with Crippen molar-refractivity contribution in [2.75, 3.05) is 0 Å². The lowest BCUT2D eigenvalue weighted by molar-refractivity contribution is 0.620. The molecule has 3 aromatic carbocycles. The Morgan fingerprint density at radius 2 is 1.62 bits per heavy atom. The van der Waals surface area contributed by atoms with Gasteiger partial charge in [0.2, 0.25) is 0 Å². The van der Waals surface area contributed by atoms with Gasteiger partial charge in [-0.15, -0.1) is 0 Å². The number of nitrogens with zero attached hydrogens (tertiary/aromatic N) is 1. The minimum Gasteiger partial charge on any atom is -0.206 e. The third kappa shape index (κ3) is 5.45. The van der Waals surface area contributed by atoms with E-state index in [-0.39, 0.29) is 11.5 Å². The number of aryl methyl sites for hydroxylation is 1. The average molecular weight is 403 g/mol. The van der Waals surface area contributed by atoms with Gasteiger partial charge in [-0.3, -0.25) is 0 Å². The summed E-state index contributed by atoms with van der Waals surface area (Å²) in [5.41, 5.74) is 3.86. The molecule has 0 radical (unpaired) electrons. The summed E-state index contributed by atoms with van der Waals surface area (Å²) in [5.74, 6) is 5.12. The highest BCUT2D eigenvalue weighted by Crippen LogP contribution is 2.26. The fourth-order valence-electron chi connectivity index (χ4n) is 2.91. The van der Waals surface area contributed by atoms with Crippen LogP contribution in [0.25, 0.3) is 11.1 Å². The van der Waals surface area contributed by atoms with Crippen LogP contribution in [-0.2, 0) is 6.42 Å². The lowest BCUT2D eigenvalue weighted by Crippen LogP contribution is -1.90. The van der Waals surface area contributed by atoms with Crippen LogP contribution in [0.1, 0.15) is 36.5 Å². The minimum atomic E-state index is -0.457. The number of hydrogen-bond donors (Lipinski definition) is 0. The molecule has 0 aromatic heterocycles. The molecule has 0 aliphatic heterocycles. The molecule has 3 aromatic rings. The summed E-state index contributed by atoms with van der Waals surface area (Å²) in [6.45, 7) is 2.11. The zero-order chi connectivity index (χ0) is 20.6. The number of halogens is 2. The normalized spacial score (nSPS) is 10.0. The van der Waals surface area contributed by atoms with E-state index in [2.05, 4.69) is 41.1 Å². The van der Waals surface area contributed by atoms with Gasteiger partial charge in [0.1, 0.15) is 17.3 Å². The quantitative estimate of drug-likeness (QED) is 0.251. The van der Waals surface area contributed by atoms with Crippen LogP contribution in [0.5, 0.6) is 0 Å². The van der Waals surface area contributed by atoms with Crippen LogP contribution in [-0.4, -0.2) is 5.16 Å². The van der Waals surface area contributed by atoms with Crippen molar-refractivity contribution in [3.63, 3.8) is 0 Å². The number of aliphatic imine (C=N–C) groups is 1. The molecule has 3 rings (SSSR count). The van der Waals surface area contributed by atoms with Crippen molar-refractivity contribution in [3.8, 4) is 23.0 Å². The highest BCUT2D eigenvalue weighted by Gasteiger charge is 2.05. The molecule has 0 fully saturated rings. The molecule has 0 N–H and O–H groups in total. The first-order chi connectivity index (χ1) is 14.1. The fourth-order valence-corrected chi connectivity index (χ4v) is 3.01. The lowest BCUT2D eigenvalue weighted by Gasteiger charge is -2.03. The van der Waals surface area contributed by atoms with Gasteiger partial charge in [0.05, 0.1) is 10.7 Å². The number of rotatable bonds is 5. The summed E-state index contributed by atoms with van der Waals surface area (Å²) in [6.07, 6.45) is 3.00. The minimum absolute atomic E-state index is 0.161. The van der Waals surface area contributed by atoms with Crippen LogP contribution in [0.4, 0.5) is 14.5 Å². The Morgan fingerprint density at radius 1 is 0.862 bits per heavy atom. The topological polar surface area (TPSA) is 12.4 Å². The Kier molecular flexibility index (Phi) is 7.03. The first-order valence-electron chi connectivity index (χ1n) is 9.39. The Balaban J connectivity index is 1.77. The van der Waals surface area contributed by atoms with Crippen molar-refractivity contribution < 1.29 is 8.78 Å². The molecule has 29 heavy (non-hydrogen) atoms. The van der Waals surface area contributed by atoms with E-state index in [1.165, 1.54) is 6.07 Å². The van der Waals surface area contributed by atoms with Gasteiger partial charge in [0, 0.05) is 5.56 Å². The van der Waals surface area contributed by atoms with E-state index in [1.54, 1.807) is 24.3 Å². The van der Waals surface area contributed by atoms with Crippen LogP contribution >= 0.6 is 12.2 Å². The monoisotopic (exact) mass is 403 g/mol. The molecular weight excluding hydrogens is 384 g/mol. The van der Waals surface area contributed by atoms with Gasteiger partial charge in [-0.1, -0.05) is 49.5 Å². The van der Waals surface area contributed by atoms with Gasteiger partial charge < -0.3 is 0 Å². The zero-order valence-corrected chi connectivity index (χ0v) is 16.8. The third-order valence-corrected chi connectivity index (χ3v) is 4.62. The van der Waals surface area contributed by atoms with E-state index in [4.69, 9.17) is 0 Å². The van der Waals surface area contributed by atoms with Crippen LogP contribution < -0.4 is 0 Å². The van der Waals surface area contributed by atoms with E-state index in [0.29, 0.717) is 5.56 Å². The van der Waals surface area contributed by atoms with Crippen molar-refractivity contribution in [2.24, 2.45) is 4.99 Å². The molecule has 0 saturated carbocycles. The number of hydrogen-bond acceptors (Lipinski definition) is 2. The molecule has 4 heteroatoms. The molecule has 0 aliphatic carbocycles. The molecule has 1 nitrogen and oxygen atoms in total. The van der Waals surface area contributed by atoms with Crippen molar-refractivity contribution in [1.29, 1.82) is 0 Å². The molecule has 0 aliphatic rings. The molecule has 0 saturated heterocycles. The molecule has 0 spiro atoms. The molecule has 0 heterocycles. The standard InChI is InChI=1S/C25H19F2NS/c1-2-3-4-19-8-12-21(23(26)15-19)11-7-18-5-9-20(10-6-18)22-13-14-25(28-17-29)24(27)16-22/h5-6,8-10,12-16H,2-4H2,1H3. The third-order valence-electron chi connectivity index (χ3n) is 4.53. The summed E-state index contributed by atoms with van der Waals surface area (Å²) in [7, 11) is 0. The summed E-state index contributed by atoms with van der Waals surface area (Å²) in [6, 6.07) is 17.3. The Bertz CT molecular complexity index is 1120. The van der Waals surface area contributed by atoms with E-state index >= 15 is 0 Å². The van der Waals surface area contributed by atoms with Crippen LogP contribution in [0.2, 0.25) is 0 Å². The molecule has 0 bridgehead atoms. The first-order valence-corrected chi connectivity index (χ1v) is 9.80. The van der Waals surface area contributed by atoms with Crippen LogP contribution in [0, 0.1) is 23.5 Å². The van der Waals surface area contributed by atoms with E-state index in [9.17, 15) is 8.78 Å². The van der Waals surface area contributed by atoms with E-state index < -0.39 is 5.82 Å². The lowest BCUT2D eigenvalue weighted by atomic mass is 10.0. The predicted octanol–water partition coefficient (Wildman–Crippen LogP) is 7.11. The van der Waals surface area contributed by atoms with Gasteiger partial charge in [0.25, 0.3) is 0 Å². The second-order valence-electron chi connectivity index (χ2n) is 6.61. The SMILES string of the molecule is CCCCc1ccc(C#Cc2ccc(-c3ccc(N=C=S)c(F)c3)cc2)c(F)c1. The molecule has 0 atom stereocenters. The van der Waals surface area contributed by atoms with Crippen molar-refractivity contribution in [1.82, 2.24) is 0 Å². The van der Waals surface area contributed by atoms with Crippen LogP contribution in [0.15, 0.2) is 65.7 Å². The largest absolute Gasteiger partial charge is 0.206 e. The summed E-state index contributed by atoms with van der Waals surface area (Å²) in [5, 5.41) is 2.16. The summed E-state index contributed by atoms with van der Waals surface area (Å²) < 4.78 is 28.2. The Hall–Kier alpha value is -3.12. The second-order valence-corrected chi connectivity index (χ2v) is 6.80. The van der Waals surface area contributed by atoms with Crippen molar-refractivity contribution in [3.05, 3.63) is 89.0 Å². The second kappa shape index (κ2) is 9.89. The van der Waals surface area contributed by atoms with Gasteiger partial charge >= 0.3 is 0 Å². The summed E-state index contributed by atoms with van der Waals surface area (Å²) in [4.78, 5) is 3.68. The summed E-state index contributed by atoms with van der Waals surface area (Å²) >= 11 is 4.51. The van der Waals surface area contributed by atoms with E-state index in [1.807, 2.05) is 30.3 Å². The highest BCUT2D eigenvalue weighted by atomic mass is 32.1. The predicted molar refractivity (Wildman–Crippen MR) is 118 cm³/mol. The number of unbranched alkanes of at least 4 members (excludes halogenated alkanes) is 1. The van der Waals surface area contributed by atoms with Gasteiger partial charge in [-0.05, 0) is 78.1 Å². The van der Waals surface area contributed by atoms with Crippen molar-refractivity contribution >= 4 is 23.1 Å². The highest BCUT2D eigenvalue weighted by molar-refractivity contribution is 7.78. The zero-order valence-electron chi connectivity index (χ0n) is 16.0. The number of thiocarbonyl (C=S) groups is 1. The van der Waals surface area contributed by atoms with E-state index in [0.717, 1.165) is 41.5 Å².